The molecule has 7 heteroatoms. The molecule has 2 aromatic carbocycles. The Balaban J connectivity index is 2.39. The van der Waals surface area contributed by atoms with E-state index < -0.39 is 23.4 Å². The van der Waals surface area contributed by atoms with Gasteiger partial charge in [-0.1, -0.05) is 42.5 Å². The summed E-state index contributed by atoms with van der Waals surface area (Å²) in [5.41, 5.74) is -0.762. The van der Waals surface area contributed by atoms with E-state index in [1.54, 1.807) is 51.1 Å². The molecule has 0 atom stereocenters. The minimum Gasteiger partial charge on any atom is -0.443 e. The van der Waals surface area contributed by atoms with Crippen LogP contribution in [0.5, 0.6) is 0 Å². The van der Waals surface area contributed by atoms with E-state index in [-0.39, 0.29) is 4.99 Å². The molecule has 0 unspecified atom stereocenters. The molecule has 0 heterocycles. The van der Waals surface area contributed by atoms with E-state index in [9.17, 15) is 18.0 Å². The van der Waals surface area contributed by atoms with Gasteiger partial charge in [-0.2, -0.15) is 13.2 Å². The highest BCUT2D eigenvalue weighted by Crippen LogP contribution is 2.30. The van der Waals surface area contributed by atoms with Gasteiger partial charge in [0, 0.05) is 5.56 Å². The minimum absolute atomic E-state index is 0.0548. The first-order valence-corrected chi connectivity index (χ1v) is 8.19. The molecule has 0 aromatic heterocycles. The van der Waals surface area contributed by atoms with Crippen LogP contribution in [0.3, 0.4) is 0 Å². The molecular formula is C19H18F3NO2S. The van der Waals surface area contributed by atoms with Crippen LogP contribution in [0.2, 0.25) is 0 Å². The predicted octanol–water partition coefficient (Wildman–Crippen LogP) is 5.82. The quantitative estimate of drug-likeness (QED) is 0.614. The van der Waals surface area contributed by atoms with Crippen molar-refractivity contribution in [1.29, 1.82) is 0 Å². The van der Waals surface area contributed by atoms with Crippen LogP contribution < -0.4 is 4.90 Å². The summed E-state index contributed by atoms with van der Waals surface area (Å²) < 4.78 is 43.6. The highest BCUT2D eigenvalue weighted by Gasteiger charge is 2.31. The van der Waals surface area contributed by atoms with Gasteiger partial charge in [0.25, 0.3) is 0 Å². The Hall–Kier alpha value is -2.41. The highest BCUT2D eigenvalue weighted by atomic mass is 32.1. The topological polar surface area (TPSA) is 29.5 Å². The van der Waals surface area contributed by atoms with Gasteiger partial charge in [-0.3, -0.25) is 0 Å². The fourth-order valence-corrected chi connectivity index (χ4v) is 2.44. The normalized spacial score (nSPS) is 11.8. The number of thiocarbonyl (C=S) groups is 1. The molecule has 0 N–H and O–H groups in total. The average Bonchev–Trinajstić information content (AvgIpc) is 2.53. The lowest BCUT2D eigenvalue weighted by atomic mass is 10.1. The molecule has 0 aliphatic heterocycles. The number of benzene rings is 2. The standard InChI is InChI=1S/C19H18F3NO2S/c1-18(2,3)25-17(24)23(15-7-5-4-6-8-15)16(26)13-9-11-14(12-10-13)19(20,21)22/h4-12H,1-3H3. The summed E-state index contributed by atoms with van der Waals surface area (Å²) >= 11 is 5.37. The third-order valence-electron chi connectivity index (χ3n) is 3.25. The maximum Gasteiger partial charge on any atom is 0.420 e. The highest BCUT2D eigenvalue weighted by molar-refractivity contribution is 7.81. The van der Waals surface area contributed by atoms with Crippen LogP contribution in [0.1, 0.15) is 31.9 Å². The molecule has 0 bridgehead atoms. The second kappa shape index (κ2) is 7.45. The molecule has 2 aromatic rings. The third kappa shape index (κ3) is 5.05. The molecule has 0 aliphatic carbocycles. The molecule has 0 aliphatic rings. The van der Waals surface area contributed by atoms with E-state index in [1.807, 2.05) is 0 Å². The lowest BCUT2D eigenvalue weighted by Gasteiger charge is -2.28. The number of para-hydroxylation sites is 1. The Bertz CT molecular complexity index is 781. The summed E-state index contributed by atoms with van der Waals surface area (Å²) in [5, 5.41) is 0. The van der Waals surface area contributed by atoms with E-state index in [0.717, 1.165) is 12.1 Å². The Kier molecular flexibility index (Phi) is 5.71. The number of rotatable bonds is 2. The van der Waals surface area contributed by atoms with E-state index in [0.29, 0.717) is 11.3 Å². The van der Waals surface area contributed by atoms with Crippen molar-refractivity contribution in [3.63, 3.8) is 0 Å². The summed E-state index contributed by atoms with van der Waals surface area (Å²) in [5.74, 6) is 0. The van der Waals surface area contributed by atoms with Crippen LogP contribution in [-0.2, 0) is 10.9 Å². The van der Waals surface area contributed by atoms with Crippen molar-refractivity contribution in [1.82, 2.24) is 0 Å². The Morgan fingerprint density at radius 3 is 1.96 bits per heavy atom. The van der Waals surface area contributed by atoms with Crippen molar-refractivity contribution >= 4 is 29.0 Å². The third-order valence-corrected chi connectivity index (χ3v) is 3.67. The van der Waals surface area contributed by atoms with Crippen LogP contribution in [0, 0.1) is 0 Å². The van der Waals surface area contributed by atoms with Gasteiger partial charge in [0.2, 0.25) is 0 Å². The SMILES string of the molecule is CC(C)(C)OC(=O)N(C(=S)c1ccc(C(F)(F)F)cc1)c1ccccc1. The van der Waals surface area contributed by atoms with E-state index in [1.165, 1.54) is 17.0 Å². The minimum atomic E-state index is -4.44. The monoisotopic (exact) mass is 381 g/mol. The molecule has 0 saturated heterocycles. The average molecular weight is 381 g/mol. The number of alkyl halides is 3. The summed E-state index contributed by atoms with van der Waals surface area (Å²) in [6, 6.07) is 12.9. The van der Waals surface area contributed by atoms with Gasteiger partial charge in [0.05, 0.1) is 11.3 Å². The maximum absolute atomic E-state index is 12.7. The van der Waals surface area contributed by atoms with Crippen LogP contribution >= 0.6 is 12.2 Å². The second-order valence-electron chi connectivity index (χ2n) is 6.53. The molecule has 0 radical (unpaired) electrons. The number of hydrogen-bond acceptors (Lipinski definition) is 3. The van der Waals surface area contributed by atoms with Crippen molar-refractivity contribution in [3.8, 4) is 0 Å². The van der Waals surface area contributed by atoms with Crippen molar-refractivity contribution < 1.29 is 22.7 Å². The lowest BCUT2D eigenvalue weighted by Crippen LogP contribution is -2.40. The summed E-state index contributed by atoms with van der Waals surface area (Å²) in [7, 11) is 0. The molecule has 1 amide bonds. The smallest absolute Gasteiger partial charge is 0.420 e. The summed E-state index contributed by atoms with van der Waals surface area (Å²) in [4.78, 5) is 13.9. The van der Waals surface area contributed by atoms with Crippen molar-refractivity contribution in [2.24, 2.45) is 0 Å². The van der Waals surface area contributed by atoms with Gasteiger partial charge in [-0.05, 0) is 45.0 Å². The maximum atomic E-state index is 12.7. The van der Waals surface area contributed by atoms with Gasteiger partial charge < -0.3 is 4.74 Å². The zero-order valence-electron chi connectivity index (χ0n) is 14.5. The molecule has 0 fully saturated rings. The lowest BCUT2D eigenvalue weighted by molar-refractivity contribution is -0.137. The molecular weight excluding hydrogens is 363 g/mol. The molecule has 0 saturated carbocycles. The largest absolute Gasteiger partial charge is 0.443 e. The zero-order chi connectivity index (χ0) is 19.5. The van der Waals surface area contributed by atoms with Gasteiger partial charge in [0.1, 0.15) is 10.6 Å². The number of carbonyl (C=O) groups is 1. The first kappa shape index (κ1) is 19.9. The van der Waals surface area contributed by atoms with Gasteiger partial charge in [-0.25, -0.2) is 9.69 Å². The molecule has 26 heavy (non-hydrogen) atoms. The molecule has 3 nitrogen and oxygen atoms in total. The van der Waals surface area contributed by atoms with Crippen molar-refractivity contribution in [2.75, 3.05) is 4.90 Å². The van der Waals surface area contributed by atoms with Gasteiger partial charge in [-0.15, -0.1) is 0 Å². The Labute approximate surface area is 155 Å². The number of halogens is 3. The number of amides is 1. The van der Waals surface area contributed by atoms with Crippen LogP contribution in [0.4, 0.5) is 23.7 Å². The van der Waals surface area contributed by atoms with E-state index in [2.05, 4.69) is 0 Å². The predicted molar refractivity (Wildman–Crippen MR) is 98.3 cm³/mol. The number of hydrogen-bond donors (Lipinski definition) is 0. The number of anilines is 1. The van der Waals surface area contributed by atoms with Crippen LogP contribution in [-0.4, -0.2) is 16.7 Å². The van der Waals surface area contributed by atoms with Crippen molar-refractivity contribution in [2.45, 2.75) is 32.5 Å². The Morgan fingerprint density at radius 2 is 1.50 bits per heavy atom. The number of carbonyl (C=O) groups excluding carboxylic acids is 1. The Morgan fingerprint density at radius 1 is 0.962 bits per heavy atom. The number of ether oxygens (including phenoxy) is 1. The zero-order valence-corrected chi connectivity index (χ0v) is 15.3. The summed E-state index contributed by atoms with van der Waals surface area (Å²) in [6.07, 6.45) is -5.14. The molecule has 138 valence electrons. The fourth-order valence-electron chi connectivity index (χ4n) is 2.12. The van der Waals surface area contributed by atoms with Crippen LogP contribution in [0.15, 0.2) is 54.6 Å². The summed E-state index contributed by atoms with van der Waals surface area (Å²) in [6.45, 7) is 5.15. The first-order chi connectivity index (χ1) is 12.0. The van der Waals surface area contributed by atoms with E-state index >= 15 is 0 Å². The van der Waals surface area contributed by atoms with Gasteiger partial charge >= 0.3 is 12.3 Å². The van der Waals surface area contributed by atoms with Gasteiger partial charge in [0.15, 0.2) is 0 Å². The van der Waals surface area contributed by atoms with Crippen LogP contribution in [0.25, 0.3) is 0 Å². The first-order valence-electron chi connectivity index (χ1n) is 7.79. The number of nitrogens with zero attached hydrogens (tertiary/aromatic N) is 1. The second-order valence-corrected chi connectivity index (χ2v) is 6.92. The van der Waals surface area contributed by atoms with Crippen molar-refractivity contribution in [3.05, 3.63) is 65.7 Å². The fraction of sp³-hybridized carbons (Fsp3) is 0.263. The molecule has 2 rings (SSSR count). The molecule has 0 spiro atoms. The van der Waals surface area contributed by atoms with E-state index in [4.69, 9.17) is 17.0 Å².